The molecule has 0 aliphatic rings. The van der Waals surface area contributed by atoms with Gasteiger partial charge in [-0.1, -0.05) is 6.07 Å². The van der Waals surface area contributed by atoms with E-state index in [-0.39, 0.29) is 5.69 Å². The minimum Gasteiger partial charge on any atom is -0.506 e. The van der Waals surface area contributed by atoms with Crippen LogP contribution in [-0.4, -0.2) is 14.7 Å². The summed E-state index contributed by atoms with van der Waals surface area (Å²) in [5, 5.41) is 9.48. The van der Waals surface area contributed by atoms with Crippen LogP contribution in [0.1, 0.15) is 5.56 Å². The minimum atomic E-state index is -4.52. The van der Waals surface area contributed by atoms with Gasteiger partial charge in [0.2, 0.25) is 0 Å². The lowest BCUT2D eigenvalue weighted by Crippen LogP contribution is -2.10. The molecule has 0 radical (unpaired) electrons. The molecule has 3 nitrogen and oxygen atoms in total. The fourth-order valence-electron chi connectivity index (χ4n) is 1.42. The van der Waals surface area contributed by atoms with Gasteiger partial charge in [-0.3, -0.25) is 0 Å². The maximum absolute atomic E-state index is 12.7. The molecular weight excluding hydrogens is 221 g/mol. The summed E-state index contributed by atoms with van der Waals surface area (Å²) in [4.78, 5) is 3.65. The van der Waals surface area contributed by atoms with Crippen molar-refractivity contribution < 1.29 is 18.3 Å². The summed E-state index contributed by atoms with van der Waals surface area (Å²) in [6.45, 7) is 0. The van der Waals surface area contributed by atoms with Crippen LogP contribution in [0.5, 0.6) is 5.75 Å². The Hall–Kier alpha value is -1.98. The predicted molar refractivity (Wildman–Crippen MR) is 50.2 cm³/mol. The Morgan fingerprint density at radius 2 is 2.00 bits per heavy atom. The molecule has 0 fully saturated rings. The number of phenols is 1. The quantitative estimate of drug-likeness (QED) is 0.814. The van der Waals surface area contributed by atoms with Crippen LogP contribution in [0.2, 0.25) is 0 Å². The van der Waals surface area contributed by atoms with Crippen molar-refractivity contribution in [1.82, 2.24) is 9.55 Å². The van der Waals surface area contributed by atoms with E-state index in [1.807, 2.05) is 0 Å². The second-order valence-electron chi connectivity index (χ2n) is 3.14. The van der Waals surface area contributed by atoms with Gasteiger partial charge >= 0.3 is 6.18 Å². The van der Waals surface area contributed by atoms with E-state index in [0.717, 1.165) is 16.7 Å². The molecule has 0 aliphatic heterocycles. The summed E-state index contributed by atoms with van der Waals surface area (Å²) in [6.07, 6.45) is -0.639. The highest BCUT2D eigenvalue weighted by molar-refractivity contribution is 5.53. The fourth-order valence-corrected chi connectivity index (χ4v) is 1.42. The first kappa shape index (κ1) is 10.5. The molecular formula is C10H7F3N2O. The topological polar surface area (TPSA) is 38.0 Å². The number of alkyl halides is 3. The number of para-hydroxylation sites is 1. The normalized spacial score (nSPS) is 11.7. The SMILES string of the molecule is Oc1cccc(C(F)(F)F)c1-n1ccnc1. The zero-order valence-electron chi connectivity index (χ0n) is 7.94. The number of hydrogen-bond donors (Lipinski definition) is 1. The van der Waals surface area contributed by atoms with E-state index >= 15 is 0 Å². The summed E-state index contributed by atoms with van der Waals surface area (Å²) in [7, 11) is 0. The third kappa shape index (κ3) is 1.73. The smallest absolute Gasteiger partial charge is 0.418 e. The highest BCUT2D eigenvalue weighted by Crippen LogP contribution is 2.37. The van der Waals surface area contributed by atoms with Crippen molar-refractivity contribution in [2.45, 2.75) is 6.18 Å². The van der Waals surface area contributed by atoms with E-state index in [1.165, 1.54) is 24.8 Å². The summed E-state index contributed by atoms with van der Waals surface area (Å²) >= 11 is 0. The maximum Gasteiger partial charge on any atom is 0.418 e. The van der Waals surface area contributed by atoms with Crippen LogP contribution in [0.3, 0.4) is 0 Å². The molecule has 2 aromatic rings. The Balaban J connectivity index is 2.68. The molecule has 0 saturated carbocycles. The second-order valence-corrected chi connectivity index (χ2v) is 3.14. The van der Waals surface area contributed by atoms with Gasteiger partial charge in [0.1, 0.15) is 11.4 Å². The number of rotatable bonds is 1. The van der Waals surface area contributed by atoms with Crippen molar-refractivity contribution in [2.75, 3.05) is 0 Å². The van der Waals surface area contributed by atoms with Gasteiger partial charge in [-0.05, 0) is 12.1 Å². The fraction of sp³-hybridized carbons (Fsp3) is 0.100. The molecule has 0 atom stereocenters. The molecule has 0 unspecified atom stereocenters. The average Bonchev–Trinajstić information content (AvgIpc) is 2.68. The van der Waals surface area contributed by atoms with E-state index in [4.69, 9.17) is 0 Å². The number of benzene rings is 1. The average molecular weight is 228 g/mol. The highest BCUT2D eigenvalue weighted by atomic mass is 19.4. The Morgan fingerprint density at radius 3 is 2.56 bits per heavy atom. The van der Waals surface area contributed by atoms with Gasteiger partial charge in [0, 0.05) is 12.4 Å². The molecule has 0 spiro atoms. The summed E-state index contributed by atoms with van der Waals surface area (Å²) in [5.41, 5.74) is -1.21. The van der Waals surface area contributed by atoms with Crippen LogP contribution >= 0.6 is 0 Å². The predicted octanol–water partition coefficient (Wildman–Crippen LogP) is 2.60. The van der Waals surface area contributed by atoms with Crippen molar-refractivity contribution in [2.24, 2.45) is 0 Å². The number of phenolic OH excluding ortho intramolecular Hbond substituents is 1. The second kappa shape index (κ2) is 3.55. The number of nitrogens with zero attached hydrogens (tertiary/aromatic N) is 2. The minimum absolute atomic E-state index is 0.312. The number of imidazole rings is 1. The molecule has 0 saturated heterocycles. The molecule has 1 aromatic heterocycles. The number of halogens is 3. The largest absolute Gasteiger partial charge is 0.506 e. The van der Waals surface area contributed by atoms with Crippen LogP contribution in [0, 0.1) is 0 Å². The lowest BCUT2D eigenvalue weighted by molar-refractivity contribution is -0.137. The van der Waals surface area contributed by atoms with E-state index in [9.17, 15) is 18.3 Å². The van der Waals surface area contributed by atoms with Crippen LogP contribution in [0.4, 0.5) is 13.2 Å². The Morgan fingerprint density at radius 1 is 1.25 bits per heavy atom. The molecule has 84 valence electrons. The third-order valence-electron chi connectivity index (χ3n) is 2.08. The number of hydrogen-bond acceptors (Lipinski definition) is 2. The van der Waals surface area contributed by atoms with Gasteiger partial charge in [-0.25, -0.2) is 4.98 Å². The van der Waals surface area contributed by atoms with Crippen molar-refractivity contribution in [3.05, 3.63) is 42.5 Å². The molecule has 16 heavy (non-hydrogen) atoms. The maximum atomic E-state index is 12.7. The third-order valence-corrected chi connectivity index (χ3v) is 2.08. The van der Waals surface area contributed by atoms with Crippen LogP contribution in [0.15, 0.2) is 36.9 Å². The molecule has 1 heterocycles. The first-order valence-electron chi connectivity index (χ1n) is 4.37. The van der Waals surface area contributed by atoms with Gasteiger partial charge < -0.3 is 9.67 Å². The van der Waals surface area contributed by atoms with E-state index in [2.05, 4.69) is 4.98 Å². The number of aromatic nitrogens is 2. The van der Waals surface area contributed by atoms with E-state index in [1.54, 1.807) is 0 Å². The molecule has 1 aromatic carbocycles. The standard InChI is InChI=1S/C10H7F3N2O/c11-10(12,13)7-2-1-3-8(16)9(7)15-5-4-14-6-15/h1-6,16H. The lowest BCUT2D eigenvalue weighted by atomic mass is 10.1. The van der Waals surface area contributed by atoms with Gasteiger partial charge in [0.25, 0.3) is 0 Å². The Labute approximate surface area is 88.8 Å². The molecule has 1 N–H and O–H groups in total. The first-order valence-corrected chi connectivity index (χ1v) is 4.37. The summed E-state index contributed by atoms with van der Waals surface area (Å²) in [6, 6.07) is 3.26. The zero-order chi connectivity index (χ0) is 11.8. The van der Waals surface area contributed by atoms with Crippen LogP contribution < -0.4 is 0 Å². The van der Waals surface area contributed by atoms with E-state index in [0.29, 0.717) is 0 Å². The molecule has 6 heteroatoms. The lowest BCUT2D eigenvalue weighted by Gasteiger charge is -2.14. The van der Waals surface area contributed by atoms with Gasteiger partial charge in [-0.15, -0.1) is 0 Å². The van der Waals surface area contributed by atoms with Crippen molar-refractivity contribution >= 4 is 0 Å². The highest BCUT2D eigenvalue weighted by Gasteiger charge is 2.35. The monoisotopic (exact) mass is 228 g/mol. The van der Waals surface area contributed by atoms with E-state index < -0.39 is 17.5 Å². The van der Waals surface area contributed by atoms with Crippen LogP contribution in [-0.2, 0) is 6.18 Å². The Bertz CT molecular complexity index is 491. The summed E-state index contributed by atoms with van der Waals surface area (Å²) < 4.78 is 39.1. The Kier molecular flexibility index (Phi) is 2.34. The van der Waals surface area contributed by atoms with Crippen molar-refractivity contribution in [3.8, 4) is 11.4 Å². The summed E-state index contributed by atoms with van der Waals surface area (Å²) in [5.74, 6) is -0.437. The van der Waals surface area contributed by atoms with Crippen molar-refractivity contribution in [3.63, 3.8) is 0 Å². The molecule has 0 aliphatic carbocycles. The number of aromatic hydroxyl groups is 1. The van der Waals surface area contributed by atoms with Crippen LogP contribution in [0.25, 0.3) is 5.69 Å². The molecule has 0 bridgehead atoms. The first-order chi connectivity index (χ1) is 7.50. The molecule has 0 amide bonds. The van der Waals surface area contributed by atoms with Crippen molar-refractivity contribution in [1.29, 1.82) is 0 Å². The van der Waals surface area contributed by atoms with Gasteiger partial charge in [-0.2, -0.15) is 13.2 Å². The van der Waals surface area contributed by atoms with Gasteiger partial charge in [0.15, 0.2) is 0 Å². The molecule has 2 rings (SSSR count). The zero-order valence-corrected chi connectivity index (χ0v) is 7.94. The van der Waals surface area contributed by atoms with Gasteiger partial charge in [0.05, 0.1) is 11.9 Å².